The Labute approximate surface area is 195 Å². The highest BCUT2D eigenvalue weighted by atomic mass is 79.9. The van der Waals surface area contributed by atoms with Gasteiger partial charge in [-0.1, -0.05) is 28.1 Å². The number of aliphatic hydroxyl groups excluding tert-OH is 2. The van der Waals surface area contributed by atoms with E-state index < -0.39 is 30.1 Å². The van der Waals surface area contributed by atoms with Gasteiger partial charge < -0.3 is 29.9 Å². The van der Waals surface area contributed by atoms with Crippen molar-refractivity contribution in [1.29, 1.82) is 0 Å². The molecule has 2 aromatic rings. The maximum Gasteiger partial charge on any atom is 0.255 e. The minimum atomic E-state index is -1.88. The van der Waals surface area contributed by atoms with Crippen molar-refractivity contribution in [3.63, 3.8) is 0 Å². The molecular formula is C23H27BrN2O6. The molecule has 1 heterocycles. The van der Waals surface area contributed by atoms with Crippen molar-refractivity contribution in [2.24, 2.45) is 0 Å². The predicted molar refractivity (Wildman–Crippen MR) is 121 cm³/mol. The van der Waals surface area contributed by atoms with E-state index in [1.165, 1.54) is 12.0 Å². The number of ether oxygens (including phenoxy) is 2. The van der Waals surface area contributed by atoms with Crippen molar-refractivity contribution in [2.45, 2.75) is 38.1 Å². The average Bonchev–Trinajstić information content (AvgIpc) is 2.81. The van der Waals surface area contributed by atoms with Crippen LogP contribution in [0, 0.1) is 0 Å². The Kier molecular flexibility index (Phi) is 7.76. The summed E-state index contributed by atoms with van der Waals surface area (Å²) in [5.74, 6) is -0.366. The van der Waals surface area contributed by atoms with Gasteiger partial charge in [0.25, 0.3) is 11.8 Å². The minimum absolute atomic E-state index is 0.231. The van der Waals surface area contributed by atoms with Crippen LogP contribution in [0.4, 0.5) is 0 Å². The summed E-state index contributed by atoms with van der Waals surface area (Å²) in [5, 5.41) is 23.4. The van der Waals surface area contributed by atoms with Crippen molar-refractivity contribution >= 4 is 27.7 Å². The zero-order valence-electron chi connectivity index (χ0n) is 18.2. The second kappa shape index (κ2) is 10.3. The maximum absolute atomic E-state index is 12.8. The quantitative estimate of drug-likeness (QED) is 0.529. The SMILES string of the molecule is COc1cc2c(cc1OC)CN(C(=O)C(O)C(O)C(=O)NC(C)c1ccc(Br)cc1)CC2. The number of aliphatic hydroxyl groups is 2. The molecule has 0 bridgehead atoms. The molecule has 2 aromatic carbocycles. The van der Waals surface area contributed by atoms with Gasteiger partial charge in [0, 0.05) is 17.6 Å². The summed E-state index contributed by atoms with van der Waals surface area (Å²) in [6, 6.07) is 10.6. The van der Waals surface area contributed by atoms with E-state index in [-0.39, 0.29) is 6.54 Å². The van der Waals surface area contributed by atoms with Crippen LogP contribution in [0.3, 0.4) is 0 Å². The highest BCUT2D eigenvalue weighted by Crippen LogP contribution is 2.33. The summed E-state index contributed by atoms with van der Waals surface area (Å²) in [5.41, 5.74) is 2.70. The number of halogens is 1. The lowest BCUT2D eigenvalue weighted by Gasteiger charge is -2.32. The Morgan fingerprint density at radius 1 is 1.03 bits per heavy atom. The molecule has 8 nitrogen and oxygen atoms in total. The lowest BCUT2D eigenvalue weighted by atomic mass is 9.98. The van der Waals surface area contributed by atoms with Crippen molar-refractivity contribution in [1.82, 2.24) is 10.2 Å². The fraction of sp³-hybridized carbons (Fsp3) is 0.391. The molecule has 1 aliphatic rings. The summed E-state index contributed by atoms with van der Waals surface area (Å²) in [7, 11) is 3.09. The molecule has 172 valence electrons. The number of carbonyl (C=O) groups is 2. The van der Waals surface area contributed by atoms with E-state index in [1.54, 1.807) is 20.1 Å². The highest BCUT2D eigenvalue weighted by Gasteiger charge is 2.35. The van der Waals surface area contributed by atoms with Crippen molar-refractivity contribution < 1.29 is 29.3 Å². The van der Waals surface area contributed by atoms with E-state index in [0.717, 1.165) is 21.2 Å². The number of hydrogen-bond acceptors (Lipinski definition) is 6. The maximum atomic E-state index is 12.8. The third-order valence-corrected chi connectivity index (χ3v) is 6.11. The molecule has 0 aromatic heterocycles. The Morgan fingerprint density at radius 3 is 2.22 bits per heavy atom. The number of nitrogens with one attached hydrogen (secondary N) is 1. The van der Waals surface area contributed by atoms with Gasteiger partial charge in [-0.15, -0.1) is 0 Å². The van der Waals surface area contributed by atoms with Crippen LogP contribution in [0.15, 0.2) is 40.9 Å². The lowest BCUT2D eigenvalue weighted by Crippen LogP contribution is -2.51. The van der Waals surface area contributed by atoms with E-state index >= 15 is 0 Å². The zero-order chi connectivity index (χ0) is 23.4. The molecule has 3 N–H and O–H groups in total. The fourth-order valence-electron chi connectivity index (χ4n) is 3.67. The number of rotatable bonds is 7. The minimum Gasteiger partial charge on any atom is -0.493 e. The van der Waals surface area contributed by atoms with Gasteiger partial charge in [-0.05, 0) is 54.3 Å². The average molecular weight is 507 g/mol. The Morgan fingerprint density at radius 2 is 1.62 bits per heavy atom. The first kappa shape index (κ1) is 24.0. The van der Waals surface area contributed by atoms with Gasteiger partial charge in [-0.25, -0.2) is 0 Å². The zero-order valence-corrected chi connectivity index (χ0v) is 19.8. The van der Waals surface area contributed by atoms with Gasteiger partial charge in [0.2, 0.25) is 0 Å². The first-order valence-electron chi connectivity index (χ1n) is 10.2. The summed E-state index contributed by atoms with van der Waals surface area (Å²) in [6.45, 7) is 2.34. The van der Waals surface area contributed by atoms with Crippen molar-refractivity contribution in [3.05, 3.63) is 57.6 Å². The van der Waals surface area contributed by atoms with Crippen LogP contribution in [0.1, 0.15) is 29.7 Å². The molecule has 32 heavy (non-hydrogen) atoms. The molecule has 3 rings (SSSR count). The van der Waals surface area contributed by atoms with E-state index in [0.29, 0.717) is 24.5 Å². The topological polar surface area (TPSA) is 108 Å². The molecule has 3 atom stereocenters. The molecule has 0 radical (unpaired) electrons. The Hall–Kier alpha value is -2.62. The van der Waals surface area contributed by atoms with Crippen LogP contribution in [-0.4, -0.2) is 59.9 Å². The van der Waals surface area contributed by atoms with E-state index in [9.17, 15) is 19.8 Å². The Balaban J connectivity index is 1.64. The number of fused-ring (bicyclic) bond motifs is 1. The first-order valence-corrected chi connectivity index (χ1v) is 11.0. The van der Waals surface area contributed by atoms with Gasteiger partial charge in [0.15, 0.2) is 23.7 Å². The number of hydrogen-bond donors (Lipinski definition) is 3. The normalized spacial score (nSPS) is 15.9. The number of amides is 2. The molecule has 0 saturated heterocycles. The molecule has 0 saturated carbocycles. The number of benzene rings is 2. The highest BCUT2D eigenvalue weighted by molar-refractivity contribution is 9.10. The first-order chi connectivity index (χ1) is 15.2. The van der Waals surface area contributed by atoms with Gasteiger partial charge in [-0.3, -0.25) is 9.59 Å². The summed E-state index contributed by atoms with van der Waals surface area (Å²) >= 11 is 3.35. The van der Waals surface area contributed by atoms with Crippen molar-refractivity contribution in [2.75, 3.05) is 20.8 Å². The van der Waals surface area contributed by atoms with Gasteiger partial charge in [-0.2, -0.15) is 0 Å². The fourth-order valence-corrected chi connectivity index (χ4v) is 3.93. The van der Waals surface area contributed by atoms with E-state index in [1.807, 2.05) is 30.3 Å². The summed E-state index contributed by atoms with van der Waals surface area (Å²) < 4.78 is 11.5. The van der Waals surface area contributed by atoms with Crippen molar-refractivity contribution in [3.8, 4) is 11.5 Å². The molecule has 3 unspecified atom stereocenters. The van der Waals surface area contributed by atoms with Crippen LogP contribution in [0.2, 0.25) is 0 Å². The third-order valence-electron chi connectivity index (χ3n) is 5.58. The van der Waals surface area contributed by atoms with E-state index in [2.05, 4.69) is 21.2 Å². The largest absolute Gasteiger partial charge is 0.493 e. The van der Waals surface area contributed by atoms with Gasteiger partial charge in [0.1, 0.15) is 0 Å². The molecule has 0 fully saturated rings. The molecular weight excluding hydrogens is 480 g/mol. The van der Waals surface area contributed by atoms with Crippen LogP contribution >= 0.6 is 15.9 Å². The number of methoxy groups -OCH3 is 2. The number of carbonyl (C=O) groups excluding carboxylic acids is 2. The molecule has 1 aliphatic heterocycles. The molecule has 9 heteroatoms. The van der Waals surface area contributed by atoms with Gasteiger partial charge >= 0.3 is 0 Å². The standard InChI is InChI=1S/C23H27BrN2O6/c1-13(14-4-6-17(24)7-5-14)25-22(29)20(27)21(28)23(30)26-9-8-15-10-18(31-2)19(32-3)11-16(15)12-26/h4-7,10-11,13,20-21,27-28H,8-9,12H2,1-3H3,(H,25,29). The lowest BCUT2D eigenvalue weighted by molar-refractivity contribution is -0.154. The second-order valence-corrected chi connectivity index (χ2v) is 8.57. The van der Waals surface area contributed by atoms with Crippen LogP contribution in [0.5, 0.6) is 11.5 Å². The molecule has 0 spiro atoms. The monoisotopic (exact) mass is 506 g/mol. The van der Waals surface area contributed by atoms with Crippen LogP contribution in [-0.2, 0) is 22.6 Å². The molecule has 2 amide bonds. The number of nitrogens with zero attached hydrogens (tertiary/aromatic N) is 1. The smallest absolute Gasteiger partial charge is 0.255 e. The Bertz CT molecular complexity index is 981. The molecule has 0 aliphatic carbocycles. The third kappa shape index (κ3) is 5.23. The summed E-state index contributed by atoms with van der Waals surface area (Å²) in [6.07, 6.45) is -3.20. The van der Waals surface area contributed by atoms with Gasteiger partial charge in [0.05, 0.1) is 20.3 Å². The van der Waals surface area contributed by atoms with Crippen LogP contribution < -0.4 is 14.8 Å². The van der Waals surface area contributed by atoms with E-state index in [4.69, 9.17) is 9.47 Å². The van der Waals surface area contributed by atoms with Crippen LogP contribution in [0.25, 0.3) is 0 Å². The second-order valence-electron chi connectivity index (χ2n) is 7.66. The summed E-state index contributed by atoms with van der Waals surface area (Å²) in [4.78, 5) is 26.7. The predicted octanol–water partition coefficient (Wildman–Crippen LogP) is 1.95.